The number of piperidine rings is 1. The van der Waals surface area contributed by atoms with Crippen molar-refractivity contribution in [3.8, 4) is 0 Å². The molecule has 3 amide bonds. The fraction of sp³-hybridized carbons (Fsp3) is 0.368. The van der Waals surface area contributed by atoms with Crippen molar-refractivity contribution >= 4 is 46.5 Å². The van der Waals surface area contributed by atoms with Crippen LogP contribution in [0.1, 0.15) is 27.4 Å². The molecule has 0 bridgehead atoms. The molecule has 0 spiro atoms. The minimum Gasteiger partial charge on any atom is -0.342 e. The molecule has 0 radical (unpaired) electrons. The van der Waals surface area contributed by atoms with Crippen LogP contribution in [0.3, 0.4) is 0 Å². The Morgan fingerprint density at radius 3 is 2.57 bits per heavy atom. The van der Waals surface area contributed by atoms with Crippen molar-refractivity contribution in [2.24, 2.45) is 5.92 Å². The van der Waals surface area contributed by atoms with Crippen molar-refractivity contribution < 1.29 is 14.4 Å². The first-order valence-electron chi connectivity index (χ1n) is 8.97. The maximum absolute atomic E-state index is 12.4. The molecule has 28 heavy (non-hydrogen) atoms. The molecule has 3 heterocycles. The standard InChI is InChI=1S/C19H21ClN4O3S/c1-12-2-4-15(28-12)19(27)22-11-17(25)24-8-6-13(7-9-24)18(26)23-16-5-3-14(20)10-21-16/h2-5,10,13H,6-9,11H2,1H3,(H,22,27)(H,21,23,26). The Morgan fingerprint density at radius 1 is 1.21 bits per heavy atom. The number of hydrogen-bond donors (Lipinski definition) is 2. The van der Waals surface area contributed by atoms with Crippen LogP contribution in [0.2, 0.25) is 5.02 Å². The van der Waals surface area contributed by atoms with Crippen LogP contribution in [0.25, 0.3) is 0 Å². The van der Waals surface area contributed by atoms with Crippen molar-refractivity contribution in [1.82, 2.24) is 15.2 Å². The van der Waals surface area contributed by atoms with E-state index < -0.39 is 0 Å². The summed E-state index contributed by atoms with van der Waals surface area (Å²) in [4.78, 5) is 44.1. The number of likely N-dealkylation sites (tertiary alicyclic amines) is 1. The molecule has 1 saturated heterocycles. The Balaban J connectivity index is 1.42. The molecular weight excluding hydrogens is 400 g/mol. The lowest BCUT2D eigenvalue weighted by Gasteiger charge is -2.31. The third kappa shape index (κ3) is 5.30. The number of hydrogen-bond acceptors (Lipinski definition) is 5. The van der Waals surface area contributed by atoms with Crippen LogP contribution in [0.15, 0.2) is 30.5 Å². The summed E-state index contributed by atoms with van der Waals surface area (Å²) >= 11 is 7.18. The summed E-state index contributed by atoms with van der Waals surface area (Å²) in [6.07, 6.45) is 2.62. The van der Waals surface area contributed by atoms with Crippen molar-refractivity contribution in [3.05, 3.63) is 45.2 Å². The van der Waals surface area contributed by atoms with Gasteiger partial charge in [0.05, 0.1) is 16.4 Å². The van der Waals surface area contributed by atoms with E-state index in [0.717, 1.165) is 4.88 Å². The number of halogens is 1. The van der Waals surface area contributed by atoms with Crippen LogP contribution in [0.5, 0.6) is 0 Å². The number of amides is 3. The summed E-state index contributed by atoms with van der Waals surface area (Å²) in [5, 5.41) is 5.94. The fourth-order valence-corrected chi connectivity index (χ4v) is 3.88. The molecule has 9 heteroatoms. The number of aryl methyl sites for hydroxylation is 1. The number of thiophene rings is 1. The maximum atomic E-state index is 12.4. The number of aromatic nitrogens is 1. The van der Waals surface area contributed by atoms with Crippen LogP contribution in [0.4, 0.5) is 5.82 Å². The van der Waals surface area contributed by atoms with Gasteiger partial charge in [-0.1, -0.05) is 11.6 Å². The molecule has 0 atom stereocenters. The average Bonchev–Trinajstić information content (AvgIpc) is 3.14. The summed E-state index contributed by atoms with van der Waals surface area (Å²) in [6.45, 7) is 2.86. The first-order chi connectivity index (χ1) is 13.4. The van der Waals surface area contributed by atoms with E-state index >= 15 is 0 Å². The third-order valence-corrected chi connectivity index (χ3v) is 5.78. The van der Waals surface area contributed by atoms with Crippen molar-refractivity contribution in [2.45, 2.75) is 19.8 Å². The van der Waals surface area contributed by atoms with E-state index in [1.54, 1.807) is 23.1 Å². The van der Waals surface area contributed by atoms with Gasteiger partial charge in [-0.2, -0.15) is 0 Å². The highest BCUT2D eigenvalue weighted by Crippen LogP contribution is 2.20. The topological polar surface area (TPSA) is 91.4 Å². The normalized spacial score (nSPS) is 14.6. The molecule has 1 fully saturated rings. The number of carbonyl (C=O) groups is 3. The molecule has 0 unspecified atom stereocenters. The van der Waals surface area contributed by atoms with Gasteiger partial charge in [-0.05, 0) is 44.0 Å². The summed E-state index contributed by atoms with van der Waals surface area (Å²) in [5.41, 5.74) is 0. The first-order valence-corrected chi connectivity index (χ1v) is 10.2. The highest BCUT2D eigenvalue weighted by Gasteiger charge is 2.27. The Labute approximate surface area is 172 Å². The van der Waals surface area contributed by atoms with E-state index in [2.05, 4.69) is 15.6 Å². The molecule has 2 N–H and O–H groups in total. The predicted octanol–water partition coefficient (Wildman–Crippen LogP) is 2.71. The van der Waals surface area contributed by atoms with Gasteiger partial charge in [-0.25, -0.2) is 4.98 Å². The first kappa shape index (κ1) is 20.3. The van der Waals surface area contributed by atoms with Crippen LogP contribution in [-0.2, 0) is 9.59 Å². The molecule has 0 aromatic carbocycles. The molecule has 1 aliphatic heterocycles. The van der Waals surface area contributed by atoms with Gasteiger partial charge in [0.25, 0.3) is 5.91 Å². The lowest BCUT2D eigenvalue weighted by Crippen LogP contribution is -2.45. The second-order valence-electron chi connectivity index (χ2n) is 6.60. The van der Waals surface area contributed by atoms with Gasteiger partial charge in [-0.15, -0.1) is 11.3 Å². The number of nitrogens with zero attached hydrogens (tertiary/aromatic N) is 2. The summed E-state index contributed by atoms with van der Waals surface area (Å²) in [6, 6.07) is 6.93. The number of rotatable bonds is 5. The monoisotopic (exact) mass is 420 g/mol. The van der Waals surface area contributed by atoms with Crippen LogP contribution >= 0.6 is 22.9 Å². The molecule has 0 saturated carbocycles. The lowest BCUT2D eigenvalue weighted by molar-refractivity contribution is -0.133. The fourth-order valence-electron chi connectivity index (χ4n) is 2.98. The number of anilines is 1. The Hall–Kier alpha value is -2.45. The zero-order chi connectivity index (χ0) is 20.1. The molecule has 148 valence electrons. The Morgan fingerprint density at radius 2 is 1.96 bits per heavy atom. The number of nitrogens with one attached hydrogen (secondary N) is 2. The molecule has 2 aromatic rings. The van der Waals surface area contributed by atoms with Gasteiger partial charge in [0.2, 0.25) is 11.8 Å². The lowest BCUT2D eigenvalue weighted by atomic mass is 9.96. The summed E-state index contributed by atoms with van der Waals surface area (Å²) in [5.74, 6) is -0.205. The zero-order valence-electron chi connectivity index (χ0n) is 15.4. The summed E-state index contributed by atoms with van der Waals surface area (Å²) in [7, 11) is 0. The van der Waals surface area contributed by atoms with Crippen LogP contribution in [-0.4, -0.2) is 47.2 Å². The smallest absolute Gasteiger partial charge is 0.261 e. The van der Waals surface area contributed by atoms with Gasteiger partial charge >= 0.3 is 0 Å². The molecular formula is C19H21ClN4O3S. The van der Waals surface area contributed by atoms with Gasteiger partial charge in [0.15, 0.2) is 0 Å². The minimum atomic E-state index is -0.240. The number of carbonyl (C=O) groups excluding carboxylic acids is 3. The predicted molar refractivity (Wildman–Crippen MR) is 109 cm³/mol. The molecule has 7 nitrogen and oxygen atoms in total. The average molecular weight is 421 g/mol. The SMILES string of the molecule is Cc1ccc(C(=O)NCC(=O)N2CCC(C(=O)Nc3ccc(Cl)cn3)CC2)s1. The maximum Gasteiger partial charge on any atom is 0.261 e. The van der Waals surface area contributed by atoms with Crippen molar-refractivity contribution in [3.63, 3.8) is 0 Å². The summed E-state index contributed by atoms with van der Waals surface area (Å²) < 4.78 is 0. The van der Waals surface area contributed by atoms with E-state index in [1.807, 2.05) is 13.0 Å². The Kier molecular flexibility index (Phi) is 6.64. The minimum absolute atomic E-state index is 0.0403. The second kappa shape index (κ2) is 9.16. The van der Waals surface area contributed by atoms with Gasteiger partial charge in [-0.3, -0.25) is 14.4 Å². The van der Waals surface area contributed by atoms with Crippen LogP contribution in [0, 0.1) is 12.8 Å². The van der Waals surface area contributed by atoms with Crippen molar-refractivity contribution in [1.29, 1.82) is 0 Å². The number of pyridine rings is 1. The zero-order valence-corrected chi connectivity index (χ0v) is 17.0. The van der Waals surface area contributed by atoms with Gasteiger partial charge in [0, 0.05) is 30.1 Å². The van der Waals surface area contributed by atoms with E-state index in [4.69, 9.17) is 11.6 Å². The van der Waals surface area contributed by atoms with E-state index in [9.17, 15) is 14.4 Å². The highest BCUT2D eigenvalue weighted by molar-refractivity contribution is 7.13. The molecule has 2 aromatic heterocycles. The molecule has 3 rings (SSSR count). The third-order valence-electron chi connectivity index (χ3n) is 4.56. The van der Waals surface area contributed by atoms with E-state index in [1.165, 1.54) is 17.5 Å². The highest BCUT2D eigenvalue weighted by atomic mass is 35.5. The van der Waals surface area contributed by atoms with Gasteiger partial charge < -0.3 is 15.5 Å². The van der Waals surface area contributed by atoms with Gasteiger partial charge in [0.1, 0.15) is 5.82 Å². The quantitative estimate of drug-likeness (QED) is 0.777. The van der Waals surface area contributed by atoms with E-state index in [0.29, 0.717) is 41.6 Å². The molecule has 0 aliphatic carbocycles. The van der Waals surface area contributed by atoms with Crippen LogP contribution < -0.4 is 10.6 Å². The Bertz CT molecular complexity index is 860. The van der Waals surface area contributed by atoms with Crippen molar-refractivity contribution in [2.75, 3.05) is 25.0 Å². The second-order valence-corrected chi connectivity index (χ2v) is 8.32. The van der Waals surface area contributed by atoms with E-state index in [-0.39, 0.29) is 30.2 Å². The molecule has 1 aliphatic rings. The largest absolute Gasteiger partial charge is 0.342 e.